The van der Waals surface area contributed by atoms with Crippen LogP contribution in [0.15, 0.2) is 24.3 Å². The van der Waals surface area contributed by atoms with Crippen molar-refractivity contribution in [3.8, 4) is 6.07 Å². The largest absolute Gasteiger partial charge is 0.316 e. The summed E-state index contributed by atoms with van der Waals surface area (Å²) in [6, 6.07) is 11.1. The molecule has 1 fully saturated rings. The average Bonchev–Trinajstić information content (AvgIpc) is 2.40. The molecular weight excluding hydrogens is 220 g/mol. The minimum absolute atomic E-state index is 0.0153. The van der Waals surface area contributed by atoms with Gasteiger partial charge in [-0.05, 0) is 42.3 Å². The molecule has 2 heteroatoms. The van der Waals surface area contributed by atoms with Gasteiger partial charge >= 0.3 is 0 Å². The van der Waals surface area contributed by atoms with Gasteiger partial charge in [0.15, 0.2) is 0 Å². The number of hydrogen-bond acceptors (Lipinski definition) is 2. The highest BCUT2D eigenvalue weighted by molar-refractivity contribution is 5.32. The molecule has 0 aliphatic carbocycles. The van der Waals surface area contributed by atoms with Crippen LogP contribution in [0.1, 0.15) is 49.7 Å². The highest BCUT2D eigenvalue weighted by Gasteiger charge is 2.19. The lowest BCUT2D eigenvalue weighted by molar-refractivity contribution is 0.461. The van der Waals surface area contributed by atoms with Gasteiger partial charge < -0.3 is 5.32 Å². The Balaban J connectivity index is 2.21. The lowest BCUT2D eigenvalue weighted by Gasteiger charge is -2.24. The van der Waals surface area contributed by atoms with Crippen LogP contribution in [0.5, 0.6) is 0 Å². The van der Waals surface area contributed by atoms with E-state index < -0.39 is 0 Å². The third-order valence-corrected chi connectivity index (χ3v) is 3.84. The zero-order valence-electron chi connectivity index (χ0n) is 11.3. The molecule has 1 aliphatic rings. The summed E-state index contributed by atoms with van der Waals surface area (Å²) in [5, 5.41) is 12.7. The van der Waals surface area contributed by atoms with Gasteiger partial charge in [-0.2, -0.15) is 5.26 Å². The second-order valence-electron chi connectivity index (χ2n) is 5.56. The quantitative estimate of drug-likeness (QED) is 0.881. The number of piperidine rings is 1. The van der Waals surface area contributed by atoms with E-state index >= 15 is 0 Å². The van der Waals surface area contributed by atoms with Gasteiger partial charge in [-0.1, -0.05) is 38.1 Å². The molecule has 0 bridgehead atoms. The summed E-state index contributed by atoms with van der Waals surface area (Å²) in [5.41, 5.74) is 2.57. The molecule has 1 aromatic carbocycles. The average molecular weight is 242 g/mol. The van der Waals surface area contributed by atoms with E-state index in [1.165, 1.54) is 24.0 Å². The van der Waals surface area contributed by atoms with Crippen LogP contribution in [0.2, 0.25) is 0 Å². The maximum atomic E-state index is 9.29. The van der Waals surface area contributed by atoms with Crippen LogP contribution in [-0.4, -0.2) is 13.1 Å². The molecule has 1 N–H and O–H groups in total. The van der Waals surface area contributed by atoms with Crippen molar-refractivity contribution in [1.82, 2.24) is 5.32 Å². The Morgan fingerprint density at radius 2 is 2.22 bits per heavy atom. The Labute approximate surface area is 110 Å². The van der Waals surface area contributed by atoms with Gasteiger partial charge in [0, 0.05) is 6.54 Å². The summed E-state index contributed by atoms with van der Waals surface area (Å²) in [7, 11) is 0. The van der Waals surface area contributed by atoms with Crippen LogP contribution in [0.3, 0.4) is 0 Å². The first kappa shape index (κ1) is 13.1. The molecule has 1 saturated heterocycles. The van der Waals surface area contributed by atoms with Crippen LogP contribution in [-0.2, 0) is 0 Å². The van der Waals surface area contributed by atoms with Crippen LogP contribution < -0.4 is 5.32 Å². The molecule has 0 aromatic heterocycles. The van der Waals surface area contributed by atoms with Crippen molar-refractivity contribution in [2.75, 3.05) is 13.1 Å². The highest BCUT2D eigenvalue weighted by atomic mass is 14.9. The number of benzene rings is 1. The minimum Gasteiger partial charge on any atom is -0.316 e. The van der Waals surface area contributed by atoms with E-state index in [-0.39, 0.29) is 5.92 Å². The molecule has 96 valence electrons. The second kappa shape index (κ2) is 6.02. The Hall–Kier alpha value is -1.33. The number of nitrogens with zero attached hydrogens (tertiary/aromatic N) is 1. The van der Waals surface area contributed by atoms with E-state index in [1.54, 1.807) is 0 Å². The van der Waals surface area contributed by atoms with Crippen molar-refractivity contribution in [3.05, 3.63) is 35.4 Å². The highest BCUT2D eigenvalue weighted by Crippen LogP contribution is 2.29. The molecule has 1 aromatic rings. The van der Waals surface area contributed by atoms with Gasteiger partial charge in [-0.15, -0.1) is 0 Å². The van der Waals surface area contributed by atoms with Gasteiger partial charge in [-0.3, -0.25) is 0 Å². The molecule has 0 amide bonds. The van der Waals surface area contributed by atoms with Gasteiger partial charge in [0.05, 0.1) is 12.0 Å². The van der Waals surface area contributed by atoms with Gasteiger partial charge in [0.1, 0.15) is 0 Å². The molecule has 0 radical (unpaired) electrons. The fraction of sp³-hybridized carbons (Fsp3) is 0.562. The van der Waals surface area contributed by atoms with Crippen LogP contribution in [0.4, 0.5) is 0 Å². The topological polar surface area (TPSA) is 35.8 Å². The first-order valence-corrected chi connectivity index (χ1v) is 6.92. The first-order chi connectivity index (χ1) is 8.72. The zero-order chi connectivity index (χ0) is 13.0. The number of nitriles is 1. The van der Waals surface area contributed by atoms with Crippen molar-refractivity contribution in [1.29, 1.82) is 5.26 Å². The smallest absolute Gasteiger partial charge is 0.0735 e. The third kappa shape index (κ3) is 2.91. The normalized spacial score (nSPS) is 21.6. The van der Waals surface area contributed by atoms with Crippen LogP contribution >= 0.6 is 0 Å². The maximum Gasteiger partial charge on any atom is 0.0735 e. The van der Waals surface area contributed by atoms with Crippen molar-refractivity contribution in [2.45, 2.75) is 38.5 Å². The molecule has 2 unspecified atom stereocenters. The van der Waals surface area contributed by atoms with Crippen LogP contribution in [0.25, 0.3) is 0 Å². The lowest BCUT2D eigenvalue weighted by Crippen LogP contribution is -2.28. The van der Waals surface area contributed by atoms with Crippen molar-refractivity contribution in [3.63, 3.8) is 0 Å². The summed E-state index contributed by atoms with van der Waals surface area (Å²) >= 11 is 0. The van der Waals surface area contributed by atoms with Crippen molar-refractivity contribution in [2.24, 2.45) is 5.92 Å². The molecule has 0 saturated carbocycles. The first-order valence-electron chi connectivity index (χ1n) is 6.92. The van der Waals surface area contributed by atoms with E-state index in [2.05, 4.69) is 49.5 Å². The standard InChI is InChI=1S/C16H22N2/c1-12(2)16(10-17)14-6-3-5-13(9-14)15-7-4-8-18-11-15/h3,5-6,9,12,15-16,18H,4,7-8,11H2,1-2H3. The monoisotopic (exact) mass is 242 g/mol. The Morgan fingerprint density at radius 3 is 2.83 bits per heavy atom. The number of hydrogen-bond donors (Lipinski definition) is 1. The molecule has 1 heterocycles. The molecule has 0 spiro atoms. The molecule has 1 aliphatic heterocycles. The van der Waals surface area contributed by atoms with E-state index in [9.17, 15) is 5.26 Å². The molecule has 2 nitrogen and oxygen atoms in total. The Bertz CT molecular complexity index is 425. The molecule has 18 heavy (non-hydrogen) atoms. The second-order valence-corrected chi connectivity index (χ2v) is 5.56. The Morgan fingerprint density at radius 1 is 1.39 bits per heavy atom. The van der Waals surface area contributed by atoms with Gasteiger partial charge in [0.25, 0.3) is 0 Å². The molecular formula is C16H22N2. The van der Waals surface area contributed by atoms with E-state index in [0.717, 1.165) is 13.1 Å². The lowest BCUT2D eigenvalue weighted by atomic mass is 9.85. The van der Waals surface area contributed by atoms with E-state index in [4.69, 9.17) is 0 Å². The minimum atomic E-state index is 0.0153. The van der Waals surface area contributed by atoms with E-state index in [0.29, 0.717) is 11.8 Å². The molecule has 2 rings (SSSR count). The van der Waals surface area contributed by atoms with E-state index in [1.807, 2.05) is 0 Å². The van der Waals surface area contributed by atoms with Gasteiger partial charge in [0.2, 0.25) is 0 Å². The number of rotatable bonds is 3. The SMILES string of the molecule is CC(C)C(C#N)c1cccc(C2CCCNC2)c1. The third-order valence-electron chi connectivity index (χ3n) is 3.84. The Kier molecular flexibility index (Phi) is 4.38. The van der Waals surface area contributed by atoms with Crippen molar-refractivity contribution < 1.29 is 0 Å². The summed E-state index contributed by atoms with van der Waals surface area (Å²) in [4.78, 5) is 0. The fourth-order valence-corrected chi connectivity index (χ4v) is 2.75. The summed E-state index contributed by atoms with van der Waals surface area (Å²) < 4.78 is 0. The molecule has 2 atom stereocenters. The van der Waals surface area contributed by atoms with Crippen molar-refractivity contribution >= 4 is 0 Å². The van der Waals surface area contributed by atoms with Crippen LogP contribution in [0, 0.1) is 17.2 Å². The number of nitrogens with one attached hydrogen (secondary N) is 1. The summed E-state index contributed by atoms with van der Waals surface area (Å²) in [5.74, 6) is 1.00. The maximum absolute atomic E-state index is 9.29. The zero-order valence-corrected chi connectivity index (χ0v) is 11.3. The predicted octanol–water partition coefficient (Wildman–Crippen LogP) is 3.42. The summed E-state index contributed by atoms with van der Waals surface area (Å²) in [6.07, 6.45) is 2.51. The predicted molar refractivity (Wildman–Crippen MR) is 74.5 cm³/mol. The fourth-order valence-electron chi connectivity index (χ4n) is 2.75. The summed E-state index contributed by atoms with van der Waals surface area (Å²) in [6.45, 7) is 6.44. The van der Waals surface area contributed by atoms with Gasteiger partial charge in [-0.25, -0.2) is 0 Å².